The lowest BCUT2D eigenvalue weighted by Crippen LogP contribution is -2.41. The van der Waals surface area contributed by atoms with Gasteiger partial charge in [-0.15, -0.1) is 0 Å². The third-order valence-electron chi connectivity index (χ3n) is 6.02. The van der Waals surface area contributed by atoms with Crippen LogP contribution in [0.4, 0.5) is 0 Å². The van der Waals surface area contributed by atoms with Crippen LogP contribution >= 0.6 is 0 Å². The minimum absolute atomic E-state index is 0.0732. The molecule has 2 fully saturated rings. The number of aryl methyl sites for hydroxylation is 1. The van der Waals surface area contributed by atoms with Gasteiger partial charge in [-0.1, -0.05) is 6.92 Å². The first-order chi connectivity index (χ1) is 13.5. The highest BCUT2D eigenvalue weighted by Gasteiger charge is 2.22. The Labute approximate surface area is 166 Å². The van der Waals surface area contributed by atoms with Crippen molar-refractivity contribution in [3.63, 3.8) is 0 Å². The van der Waals surface area contributed by atoms with E-state index < -0.39 is 0 Å². The van der Waals surface area contributed by atoms with Gasteiger partial charge < -0.3 is 20.1 Å². The van der Waals surface area contributed by atoms with Crippen LogP contribution in [0.5, 0.6) is 0 Å². The number of hydrogen-bond donors (Lipinski definition) is 2. The molecule has 7 heteroatoms. The topological polar surface area (TPSA) is 83.4 Å². The molecular weight excluding hydrogens is 356 g/mol. The average Bonchev–Trinajstić information content (AvgIpc) is 2.69. The normalized spacial score (nSPS) is 18.9. The highest BCUT2D eigenvalue weighted by molar-refractivity contribution is 5.95. The van der Waals surface area contributed by atoms with E-state index in [2.05, 4.69) is 17.6 Å². The van der Waals surface area contributed by atoms with E-state index in [1.54, 1.807) is 17.7 Å². The van der Waals surface area contributed by atoms with Crippen LogP contribution in [0, 0.1) is 12.8 Å². The summed E-state index contributed by atoms with van der Waals surface area (Å²) in [7, 11) is 0. The highest BCUT2D eigenvalue weighted by Crippen LogP contribution is 2.18. The molecule has 2 aliphatic rings. The molecule has 2 saturated heterocycles. The van der Waals surface area contributed by atoms with Gasteiger partial charge in [-0.3, -0.25) is 14.4 Å². The summed E-state index contributed by atoms with van der Waals surface area (Å²) in [6, 6.07) is 1.96. The summed E-state index contributed by atoms with van der Waals surface area (Å²) in [6.07, 6.45) is 5.91. The summed E-state index contributed by atoms with van der Waals surface area (Å²) < 4.78 is 1.70. The Bertz CT molecular complexity index is 759. The second kappa shape index (κ2) is 9.37. The zero-order valence-electron chi connectivity index (χ0n) is 17.0. The van der Waals surface area contributed by atoms with Crippen molar-refractivity contribution in [2.45, 2.75) is 52.0 Å². The first-order valence-electron chi connectivity index (χ1n) is 10.5. The van der Waals surface area contributed by atoms with Gasteiger partial charge in [0.25, 0.3) is 11.5 Å². The van der Waals surface area contributed by atoms with Gasteiger partial charge in [0, 0.05) is 38.3 Å². The Morgan fingerprint density at radius 1 is 1.18 bits per heavy atom. The summed E-state index contributed by atoms with van der Waals surface area (Å²) in [5.41, 5.74) is 0.630. The summed E-state index contributed by atoms with van der Waals surface area (Å²) in [6.45, 7) is 7.60. The summed E-state index contributed by atoms with van der Waals surface area (Å²) in [4.78, 5) is 39.8. The minimum Gasteiger partial charge on any atom is -0.351 e. The lowest BCUT2D eigenvalue weighted by atomic mass is 9.99. The molecule has 2 N–H and O–H groups in total. The Kier molecular flexibility index (Phi) is 6.88. The summed E-state index contributed by atoms with van der Waals surface area (Å²) >= 11 is 0. The molecule has 28 heavy (non-hydrogen) atoms. The number of carbonyl (C=O) groups excluding carboxylic acids is 2. The molecule has 1 aromatic heterocycles. The third-order valence-corrected chi connectivity index (χ3v) is 6.02. The first kappa shape index (κ1) is 20.6. The molecule has 0 aliphatic carbocycles. The smallest absolute Gasteiger partial charge is 0.263 e. The van der Waals surface area contributed by atoms with Crippen LogP contribution in [0.3, 0.4) is 0 Å². The number of nitrogens with one attached hydrogen (secondary N) is 2. The Balaban J connectivity index is 1.59. The molecule has 3 heterocycles. The number of rotatable bonds is 5. The van der Waals surface area contributed by atoms with Gasteiger partial charge in [-0.25, -0.2) is 0 Å². The van der Waals surface area contributed by atoms with Gasteiger partial charge in [-0.05, 0) is 63.2 Å². The van der Waals surface area contributed by atoms with E-state index in [0.717, 1.165) is 51.9 Å². The van der Waals surface area contributed by atoms with Gasteiger partial charge in [-0.2, -0.15) is 0 Å². The van der Waals surface area contributed by atoms with Crippen molar-refractivity contribution in [1.82, 2.24) is 20.1 Å². The second-order valence-corrected chi connectivity index (χ2v) is 8.14. The van der Waals surface area contributed by atoms with Crippen molar-refractivity contribution in [1.29, 1.82) is 0 Å². The number of amides is 2. The van der Waals surface area contributed by atoms with Gasteiger partial charge in [0.15, 0.2) is 0 Å². The average molecular weight is 389 g/mol. The molecular formula is C21H32N4O3. The number of carbonyl (C=O) groups is 2. The van der Waals surface area contributed by atoms with Gasteiger partial charge >= 0.3 is 0 Å². The number of pyridine rings is 1. The Morgan fingerprint density at radius 2 is 1.86 bits per heavy atom. The van der Waals surface area contributed by atoms with Crippen LogP contribution in [0.1, 0.15) is 61.0 Å². The van der Waals surface area contributed by atoms with Crippen LogP contribution in [0.15, 0.2) is 17.1 Å². The highest BCUT2D eigenvalue weighted by atomic mass is 16.2. The van der Waals surface area contributed by atoms with Crippen LogP contribution in [-0.4, -0.2) is 54.0 Å². The Morgan fingerprint density at radius 3 is 2.54 bits per heavy atom. The van der Waals surface area contributed by atoms with Crippen LogP contribution in [-0.2, 0) is 4.79 Å². The second-order valence-electron chi connectivity index (χ2n) is 8.14. The van der Waals surface area contributed by atoms with Crippen LogP contribution < -0.4 is 16.2 Å². The van der Waals surface area contributed by atoms with E-state index in [9.17, 15) is 14.4 Å². The minimum atomic E-state index is -0.383. The maximum atomic E-state index is 12.9. The molecule has 0 spiro atoms. The predicted octanol–water partition coefficient (Wildman–Crippen LogP) is 1.46. The predicted molar refractivity (Wildman–Crippen MR) is 109 cm³/mol. The SMILES string of the molecule is Cc1ccn(C2CCNCC2)c(=O)c1C(=O)NCCC(=O)N1CCC(C)CC1. The maximum Gasteiger partial charge on any atom is 0.263 e. The Hall–Kier alpha value is -2.15. The standard InChI is InChI=1S/C21H32N4O3/c1-15-6-12-24(13-7-15)18(26)5-11-23-20(27)19-16(2)8-14-25(21(19)28)17-3-9-22-10-4-17/h8,14-15,17,22H,3-7,9-13H2,1-2H3,(H,23,27). The quantitative estimate of drug-likeness (QED) is 0.800. The maximum absolute atomic E-state index is 12.9. The largest absolute Gasteiger partial charge is 0.351 e. The van der Waals surface area contributed by atoms with Crippen molar-refractivity contribution in [3.8, 4) is 0 Å². The fourth-order valence-corrected chi connectivity index (χ4v) is 4.08. The van der Waals surface area contributed by atoms with Crippen molar-refractivity contribution in [3.05, 3.63) is 33.7 Å². The lowest BCUT2D eigenvalue weighted by molar-refractivity contribution is -0.132. The molecule has 7 nitrogen and oxygen atoms in total. The van der Waals surface area contributed by atoms with Crippen LogP contribution in [0.25, 0.3) is 0 Å². The molecule has 0 radical (unpaired) electrons. The van der Waals surface area contributed by atoms with Crippen molar-refractivity contribution < 1.29 is 9.59 Å². The van der Waals surface area contributed by atoms with E-state index in [4.69, 9.17) is 0 Å². The molecule has 0 saturated carbocycles. The molecule has 0 bridgehead atoms. The van der Waals surface area contributed by atoms with E-state index in [1.165, 1.54) is 0 Å². The molecule has 0 aromatic carbocycles. The van der Waals surface area contributed by atoms with Gasteiger partial charge in [0.1, 0.15) is 5.56 Å². The van der Waals surface area contributed by atoms with E-state index in [1.807, 2.05) is 11.0 Å². The summed E-state index contributed by atoms with van der Waals surface area (Å²) in [5, 5.41) is 6.07. The molecule has 3 rings (SSSR count). The molecule has 1 aromatic rings. The fourth-order valence-electron chi connectivity index (χ4n) is 4.08. The number of piperidine rings is 2. The van der Waals surface area contributed by atoms with Crippen molar-refractivity contribution >= 4 is 11.8 Å². The van der Waals surface area contributed by atoms with Crippen LogP contribution in [0.2, 0.25) is 0 Å². The van der Waals surface area contributed by atoms with E-state index in [0.29, 0.717) is 11.5 Å². The van der Waals surface area contributed by atoms with Crippen molar-refractivity contribution in [2.75, 3.05) is 32.7 Å². The number of aromatic nitrogens is 1. The zero-order chi connectivity index (χ0) is 20.1. The third kappa shape index (κ3) is 4.82. The molecule has 0 unspecified atom stereocenters. The molecule has 2 amide bonds. The lowest BCUT2D eigenvalue weighted by Gasteiger charge is -2.30. The number of likely N-dealkylation sites (tertiary alicyclic amines) is 1. The number of nitrogens with zero attached hydrogens (tertiary/aromatic N) is 2. The molecule has 154 valence electrons. The van der Waals surface area contributed by atoms with Crippen molar-refractivity contribution in [2.24, 2.45) is 5.92 Å². The van der Waals surface area contributed by atoms with Gasteiger partial charge in [0.2, 0.25) is 5.91 Å². The van der Waals surface area contributed by atoms with E-state index in [-0.39, 0.29) is 41.9 Å². The van der Waals surface area contributed by atoms with E-state index >= 15 is 0 Å². The fraction of sp³-hybridized carbons (Fsp3) is 0.667. The zero-order valence-corrected chi connectivity index (χ0v) is 17.0. The van der Waals surface area contributed by atoms with Gasteiger partial charge in [0.05, 0.1) is 0 Å². The monoisotopic (exact) mass is 388 g/mol. The molecule has 0 atom stereocenters. The summed E-state index contributed by atoms with van der Waals surface area (Å²) in [5.74, 6) is 0.363. The first-order valence-corrected chi connectivity index (χ1v) is 10.5. The number of hydrogen-bond acceptors (Lipinski definition) is 4. The molecule has 2 aliphatic heterocycles.